The summed E-state index contributed by atoms with van der Waals surface area (Å²) >= 11 is 0. The van der Waals surface area contributed by atoms with Gasteiger partial charge in [-0.1, -0.05) is 0 Å². The first kappa shape index (κ1) is 478. The molecular weight excluding hydrogens is 258 g/mol. The van der Waals surface area contributed by atoms with Gasteiger partial charge in [-0.2, -0.15) is 0 Å². The molecule has 5 nitrogen and oxygen atoms in total. The fraction of sp³-hybridized carbons (Fsp3) is 0. The van der Waals surface area contributed by atoms with Gasteiger partial charge < -0.3 is 27.4 Å². The van der Waals surface area contributed by atoms with E-state index in [1.54, 1.807) is 0 Å². The van der Waals surface area contributed by atoms with Gasteiger partial charge in [0.1, 0.15) is 0 Å². The Morgan fingerprint density at radius 1 is 0.500 bits per heavy atom. The Balaban J connectivity index is 0. The van der Waals surface area contributed by atoms with Crippen molar-refractivity contribution in [2.75, 3.05) is 0 Å². The molecule has 6 heteroatoms. The minimum absolute atomic E-state index is 0. The molecule has 0 saturated carbocycles. The third-order valence-corrected chi connectivity index (χ3v) is 0. The van der Waals surface area contributed by atoms with Crippen LogP contribution in [0.25, 0.3) is 0 Å². The van der Waals surface area contributed by atoms with E-state index in [0.717, 1.165) is 0 Å². The Labute approximate surface area is 53.7 Å². The topological polar surface area (TPSA) is 152 Å². The van der Waals surface area contributed by atoms with Crippen LogP contribution in [0.4, 0.5) is 0 Å². The molecule has 0 unspecified atom stereocenters. The standard InChI is InChI=1S/Hf.5H2O/h;5*1H2/q+4;;;;;/p-4. The summed E-state index contributed by atoms with van der Waals surface area (Å²) < 4.78 is 0. The molecule has 0 aromatic rings. The summed E-state index contributed by atoms with van der Waals surface area (Å²) in [5, 5.41) is 0. The molecule has 0 aliphatic rings. The molecule has 0 aliphatic heterocycles. The smallest absolute Gasteiger partial charge is 0.870 e. The van der Waals surface area contributed by atoms with E-state index in [2.05, 4.69) is 0 Å². The van der Waals surface area contributed by atoms with Crippen LogP contribution in [-0.2, 0) is 25.8 Å². The Kier molecular flexibility index (Phi) is 21900. The van der Waals surface area contributed by atoms with E-state index >= 15 is 0 Å². The van der Waals surface area contributed by atoms with Crippen LogP contribution < -0.4 is 0 Å². The molecule has 0 amide bonds. The van der Waals surface area contributed by atoms with E-state index in [1.807, 2.05) is 0 Å². The second-order valence-corrected chi connectivity index (χ2v) is 0. The van der Waals surface area contributed by atoms with Gasteiger partial charge in [-0.25, -0.2) is 0 Å². The van der Waals surface area contributed by atoms with Crippen molar-refractivity contribution in [3.8, 4) is 0 Å². The maximum Gasteiger partial charge on any atom is 4.00 e. The third kappa shape index (κ3) is 140. The molecule has 6 N–H and O–H groups in total. The Morgan fingerprint density at radius 2 is 0.500 bits per heavy atom. The zero-order valence-corrected chi connectivity index (χ0v) is 6.38. The fourth-order valence-corrected chi connectivity index (χ4v) is 0. The number of hydrogen-bond donors (Lipinski definition) is 0. The molecule has 40 valence electrons. The van der Waals surface area contributed by atoms with Crippen molar-refractivity contribution in [2.24, 2.45) is 0 Å². The molecule has 0 atom stereocenters. The largest absolute Gasteiger partial charge is 4.00 e. The van der Waals surface area contributed by atoms with Gasteiger partial charge in [-0.05, 0) is 0 Å². The Morgan fingerprint density at radius 3 is 0.500 bits per heavy atom. The van der Waals surface area contributed by atoms with Gasteiger partial charge in [0.15, 0.2) is 0 Å². The maximum atomic E-state index is 0. The molecule has 0 radical (unpaired) electrons. The molecule has 0 heterocycles. The second-order valence-electron chi connectivity index (χ2n) is 0. The summed E-state index contributed by atoms with van der Waals surface area (Å²) in [6.07, 6.45) is 0. The predicted molar refractivity (Wildman–Crippen MR) is 11.4 cm³/mol. The van der Waals surface area contributed by atoms with Crippen molar-refractivity contribution in [1.29, 1.82) is 0 Å². The monoisotopic (exact) mass is 266 g/mol. The average molecular weight is 265 g/mol. The summed E-state index contributed by atoms with van der Waals surface area (Å²) in [7, 11) is 0. The van der Waals surface area contributed by atoms with Crippen molar-refractivity contribution in [3.05, 3.63) is 0 Å². The molecule has 0 saturated heterocycles. The maximum absolute atomic E-state index is 0. The molecular formula is H6HfO5. The number of rotatable bonds is 0. The molecule has 0 spiro atoms. The first-order chi connectivity index (χ1) is 0. The first-order valence-corrected chi connectivity index (χ1v) is 0. The SMILES string of the molecule is O.[Hf+4].[OH-].[OH-].[OH-].[OH-]. The molecule has 0 fully saturated rings. The summed E-state index contributed by atoms with van der Waals surface area (Å²) in [4.78, 5) is 0. The zero-order valence-electron chi connectivity index (χ0n) is 2.79. The summed E-state index contributed by atoms with van der Waals surface area (Å²) in [6.45, 7) is 0. The quantitative estimate of drug-likeness (QED) is 0.487. The van der Waals surface area contributed by atoms with Crippen LogP contribution in [0.3, 0.4) is 0 Å². The van der Waals surface area contributed by atoms with Crippen LogP contribution in [0.1, 0.15) is 0 Å². The first-order valence-electron chi connectivity index (χ1n) is 0. The normalized spacial score (nSPS) is 0. The Hall–Kier alpha value is 0.670. The van der Waals surface area contributed by atoms with Gasteiger partial charge in [-0.3, -0.25) is 0 Å². The van der Waals surface area contributed by atoms with E-state index in [4.69, 9.17) is 0 Å². The van der Waals surface area contributed by atoms with Crippen molar-refractivity contribution in [1.82, 2.24) is 0 Å². The van der Waals surface area contributed by atoms with Crippen molar-refractivity contribution >= 4 is 0 Å². The van der Waals surface area contributed by atoms with Gasteiger partial charge >= 0.3 is 25.8 Å². The second kappa shape index (κ2) is 275. The van der Waals surface area contributed by atoms with Gasteiger partial charge in [0.05, 0.1) is 0 Å². The van der Waals surface area contributed by atoms with Crippen LogP contribution in [-0.4, -0.2) is 27.4 Å². The molecule has 0 aromatic heterocycles. The van der Waals surface area contributed by atoms with E-state index in [9.17, 15) is 0 Å². The molecule has 0 aromatic carbocycles. The van der Waals surface area contributed by atoms with Crippen molar-refractivity contribution in [2.45, 2.75) is 0 Å². The Bertz CT molecular complexity index is 3.90. The minimum atomic E-state index is 0. The summed E-state index contributed by atoms with van der Waals surface area (Å²) in [6, 6.07) is 0. The predicted octanol–water partition coefficient (Wildman–Crippen LogP) is -1.53. The van der Waals surface area contributed by atoms with Crippen LogP contribution in [0.5, 0.6) is 0 Å². The zero-order chi connectivity index (χ0) is 0. The summed E-state index contributed by atoms with van der Waals surface area (Å²) in [5.74, 6) is 0. The van der Waals surface area contributed by atoms with Gasteiger partial charge in [0, 0.05) is 0 Å². The van der Waals surface area contributed by atoms with Gasteiger partial charge in [-0.15, -0.1) is 0 Å². The van der Waals surface area contributed by atoms with Crippen molar-refractivity contribution in [3.63, 3.8) is 0 Å². The molecule has 6 heavy (non-hydrogen) atoms. The number of hydrogen-bond acceptors (Lipinski definition) is 4. The van der Waals surface area contributed by atoms with Gasteiger partial charge in [0.2, 0.25) is 0 Å². The van der Waals surface area contributed by atoms with Gasteiger partial charge in [0.25, 0.3) is 0 Å². The van der Waals surface area contributed by atoms with E-state index in [-0.39, 0.29) is 53.2 Å². The third-order valence-electron chi connectivity index (χ3n) is 0. The van der Waals surface area contributed by atoms with Crippen LogP contribution >= 0.6 is 0 Å². The van der Waals surface area contributed by atoms with E-state index < -0.39 is 0 Å². The molecule has 0 rings (SSSR count). The van der Waals surface area contributed by atoms with Crippen LogP contribution in [0.15, 0.2) is 0 Å². The van der Waals surface area contributed by atoms with Crippen molar-refractivity contribution < 1.29 is 53.2 Å². The fourth-order valence-electron chi connectivity index (χ4n) is 0. The molecule has 0 aliphatic carbocycles. The van der Waals surface area contributed by atoms with E-state index in [0.29, 0.717) is 0 Å². The minimum Gasteiger partial charge on any atom is -0.870 e. The molecule has 0 bridgehead atoms. The van der Waals surface area contributed by atoms with E-state index in [1.165, 1.54) is 0 Å². The average Bonchev–Trinajstić information content (AvgIpc) is 0. The van der Waals surface area contributed by atoms with Crippen LogP contribution in [0.2, 0.25) is 0 Å². The summed E-state index contributed by atoms with van der Waals surface area (Å²) in [5.41, 5.74) is 0. The van der Waals surface area contributed by atoms with Crippen LogP contribution in [0, 0.1) is 0 Å².